The Hall–Kier alpha value is -0.660. The zero-order valence-electron chi connectivity index (χ0n) is 22.4. The fraction of sp³-hybridized carbons (Fsp3) is 0.400. The molecule has 0 aromatic heterocycles. The van der Waals surface area contributed by atoms with Crippen LogP contribution >= 0.6 is 24.8 Å². The number of halogens is 2. The van der Waals surface area contributed by atoms with Crippen LogP contribution in [0.2, 0.25) is 13.1 Å². The molecule has 2 aliphatic carbocycles. The maximum Gasteiger partial charge on any atom is -0.147 e. The summed E-state index contributed by atoms with van der Waals surface area (Å²) < 4.78 is 2.58. The summed E-state index contributed by atoms with van der Waals surface area (Å²) in [6.45, 7) is 24.0. The number of aryl methyl sites for hydroxylation is 1. The Morgan fingerprint density at radius 3 is 1.94 bits per heavy atom. The van der Waals surface area contributed by atoms with Gasteiger partial charge in [0.2, 0.25) is 0 Å². The fourth-order valence-corrected chi connectivity index (χ4v) is 25.6. The number of benzene rings is 2. The minimum absolute atomic E-state index is 0. The summed E-state index contributed by atoms with van der Waals surface area (Å²) in [6, 6.07) is 11.8. The Morgan fingerprint density at radius 2 is 1.38 bits per heavy atom. The molecule has 0 saturated carbocycles. The van der Waals surface area contributed by atoms with Gasteiger partial charge in [-0.1, -0.05) is 0 Å². The number of fused-ring (bicyclic) bond motifs is 1. The van der Waals surface area contributed by atoms with Gasteiger partial charge in [0, 0.05) is 0 Å². The maximum atomic E-state index is 2.73. The molecule has 2 unspecified atom stereocenters. The van der Waals surface area contributed by atoms with Crippen molar-refractivity contribution < 1.29 is 20.4 Å². The van der Waals surface area contributed by atoms with Gasteiger partial charge in [-0.3, -0.25) is 0 Å². The van der Waals surface area contributed by atoms with Crippen LogP contribution in [0.1, 0.15) is 70.3 Å². The number of hydrogen-bond acceptors (Lipinski definition) is 0. The molecule has 0 radical (unpaired) electrons. The topological polar surface area (TPSA) is 0 Å². The van der Waals surface area contributed by atoms with Gasteiger partial charge in [0.15, 0.2) is 0 Å². The van der Waals surface area contributed by atoms with Crippen molar-refractivity contribution in [3.8, 4) is 0 Å². The minimum Gasteiger partial charge on any atom is -0.147 e. The largest absolute Gasteiger partial charge is 0.147 e. The van der Waals surface area contributed by atoms with Crippen LogP contribution in [0, 0.1) is 33.6 Å². The SMILES string of the molecule is CC1=C(C)C(C)[C]([Zr]([CH]2C=C(c3cc(C)c(C)c(C)c3C)c3ccccc32)=[Si](C)C)=C1C.Cl.Cl. The molecule has 0 heterocycles. The van der Waals surface area contributed by atoms with Gasteiger partial charge in [0.1, 0.15) is 0 Å². The Morgan fingerprint density at radius 1 is 0.765 bits per heavy atom. The molecule has 4 heteroatoms. The van der Waals surface area contributed by atoms with E-state index in [4.69, 9.17) is 0 Å². The van der Waals surface area contributed by atoms with Crippen molar-refractivity contribution in [2.24, 2.45) is 5.92 Å². The molecule has 0 nitrogen and oxygen atoms in total. The van der Waals surface area contributed by atoms with Gasteiger partial charge >= 0.3 is 205 Å². The molecule has 2 aromatic rings. The Kier molecular flexibility index (Phi) is 9.71. The predicted octanol–water partition coefficient (Wildman–Crippen LogP) is 9.38. The van der Waals surface area contributed by atoms with Crippen molar-refractivity contribution >= 4 is 35.8 Å². The molecule has 0 bridgehead atoms. The van der Waals surface area contributed by atoms with Crippen LogP contribution in [0.25, 0.3) is 5.57 Å². The molecular formula is C30H40Cl2SiZr. The maximum absolute atomic E-state index is 2.73. The van der Waals surface area contributed by atoms with E-state index in [0.29, 0.717) is 9.54 Å². The second kappa shape index (κ2) is 11.2. The van der Waals surface area contributed by atoms with Gasteiger partial charge in [-0.15, -0.1) is 24.8 Å². The Bertz CT molecular complexity index is 1270. The van der Waals surface area contributed by atoms with Crippen LogP contribution in [0.3, 0.4) is 0 Å². The van der Waals surface area contributed by atoms with E-state index in [0.717, 1.165) is 0 Å². The van der Waals surface area contributed by atoms with Gasteiger partial charge in [0.25, 0.3) is 0 Å². The zero-order chi connectivity index (χ0) is 23.5. The van der Waals surface area contributed by atoms with E-state index in [9.17, 15) is 0 Å². The fourth-order valence-electron chi connectivity index (χ4n) is 5.87. The first-order valence-electron chi connectivity index (χ1n) is 12.0. The molecule has 0 amide bonds. The van der Waals surface area contributed by atoms with E-state index < -0.39 is 20.4 Å². The second-order valence-electron chi connectivity index (χ2n) is 10.2. The average Bonchev–Trinajstić information content (AvgIpc) is 3.22. The van der Waals surface area contributed by atoms with E-state index in [2.05, 4.69) is 105 Å². The van der Waals surface area contributed by atoms with Crippen molar-refractivity contribution in [1.82, 2.24) is 0 Å². The average molecular weight is 591 g/mol. The summed E-state index contributed by atoms with van der Waals surface area (Å²) in [5.74, 6) is 0.652. The third-order valence-corrected chi connectivity index (χ3v) is 27.0. The summed E-state index contributed by atoms with van der Waals surface area (Å²) in [5, 5.41) is 0. The van der Waals surface area contributed by atoms with Crippen LogP contribution in [0.4, 0.5) is 0 Å². The summed E-state index contributed by atoms with van der Waals surface area (Å²) in [4.78, 5) is 0. The van der Waals surface area contributed by atoms with E-state index in [1.807, 2.05) is 3.28 Å². The van der Waals surface area contributed by atoms with Crippen molar-refractivity contribution in [1.29, 1.82) is 0 Å². The molecule has 182 valence electrons. The molecule has 2 aromatic carbocycles. The standard InChI is InChI=1S/C19H19.C9H13.C2H6Si.2ClH.Zr/c1-12-11-19(15(4)14(3)13(12)2)18-10-9-16-7-5-6-8-17(16)18;1-6-5-7(2)9(4)8(6)3;1-3-2;;;/h5-11H,1-4H3;6H,1-4H3;1-2H3;2*1H;. The van der Waals surface area contributed by atoms with Crippen molar-refractivity contribution in [2.45, 2.75) is 72.1 Å². The van der Waals surface area contributed by atoms with Gasteiger partial charge in [-0.2, -0.15) is 0 Å². The van der Waals surface area contributed by atoms with Gasteiger partial charge in [-0.05, 0) is 0 Å². The van der Waals surface area contributed by atoms with Gasteiger partial charge in [0.05, 0.1) is 0 Å². The molecule has 34 heavy (non-hydrogen) atoms. The number of rotatable bonds is 3. The smallest absolute Gasteiger partial charge is 0.147 e. The van der Waals surface area contributed by atoms with Crippen molar-refractivity contribution in [3.63, 3.8) is 0 Å². The van der Waals surface area contributed by atoms with Crippen molar-refractivity contribution in [2.75, 3.05) is 0 Å². The Balaban J connectivity index is 0.00000204. The molecule has 2 atom stereocenters. The quantitative estimate of drug-likeness (QED) is 0.313. The van der Waals surface area contributed by atoms with Crippen LogP contribution in [0.15, 0.2) is 56.4 Å². The molecule has 4 rings (SSSR count). The first kappa shape index (κ1) is 29.6. The predicted molar refractivity (Wildman–Crippen MR) is 154 cm³/mol. The van der Waals surface area contributed by atoms with Gasteiger partial charge < -0.3 is 0 Å². The molecule has 0 fully saturated rings. The summed E-state index contributed by atoms with van der Waals surface area (Å²) in [7, 11) is 0. The van der Waals surface area contributed by atoms with Crippen LogP contribution in [0.5, 0.6) is 0 Å². The van der Waals surface area contributed by atoms with Gasteiger partial charge in [-0.25, -0.2) is 0 Å². The summed E-state index contributed by atoms with van der Waals surface area (Å²) in [6.07, 6.45) is 2.73. The first-order valence-corrected chi connectivity index (χ1v) is 20.8. The molecule has 0 N–H and O–H groups in total. The molecule has 0 aliphatic heterocycles. The van der Waals surface area contributed by atoms with Crippen molar-refractivity contribution in [3.05, 3.63) is 95.4 Å². The van der Waals surface area contributed by atoms with Crippen LogP contribution in [-0.4, -0.2) is 5.43 Å². The molecule has 2 aliphatic rings. The molecule has 0 saturated heterocycles. The number of hydrogen-bond donors (Lipinski definition) is 0. The van der Waals surface area contributed by atoms with E-state index >= 15 is 0 Å². The van der Waals surface area contributed by atoms with Crippen LogP contribution in [-0.2, 0) is 20.4 Å². The summed E-state index contributed by atoms with van der Waals surface area (Å²) in [5.41, 5.74) is 16.3. The summed E-state index contributed by atoms with van der Waals surface area (Å²) >= 11 is -1.94. The van der Waals surface area contributed by atoms with E-state index in [1.54, 1.807) is 22.3 Å². The third kappa shape index (κ3) is 4.70. The second-order valence-corrected chi connectivity index (χ2v) is 27.7. The molecular weight excluding hydrogens is 551 g/mol. The normalized spacial score (nSPS) is 18.9. The first-order chi connectivity index (χ1) is 15.1. The number of allylic oxidation sites excluding steroid dienone is 5. The third-order valence-electron chi connectivity index (χ3n) is 8.47. The minimum atomic E-state index is -1.94. The Labute approximate surface area is 228 Å². The van der Waals surface area contributed by atoms with E-state index in [1.165, 1.54) is 39.0 Å². The van der Waals surface area contributed by atoms with E-state index in [-0.39, 0.29) is 30.2 Å². The zero-order valence-corrected chi connectivity index (χ0v) is 27.5. The molecule has 0 spiro atoms. The monoisotopic (exact) mass is 588 g/mol. The van der Waals surface area contributed by atoms with Crippen LogP contribution < -0.4 is 0 Å².